The molecule has 3 rings (SSSR count). The zero-order valence-electron chi connectivity index (χ0n) is 12.8. The van der Waals surface area contributed by atoms with Crippen molar-refractivity contribution in [1.82, 2.24) is 14.6 Å². The van der Waals surface area contributed by atoms with Crippen LogP contribution in [0.4, 0.5) is 0 Å². The van der Waals surface area contributed by atoms with Gasteiger partial charge in [0.15, 0.2) is 5.65 Å². The van der Waals surface area contributed by atoms with Gasteiger partial charge in [-0.1, -0.05) is 24.3 Å². The summed E-state index contributed by atoms with van der Waals surface area (Å²) >= 11 is 0. The molecule has 1 aromatic carbocycles. The molecule has 3 aromatic rings. The second-order valence-electron chi connectivity index (χ2n) is 5.09. The van der Waals surface area contributed by atoms with Crippen molar-refractivity contribution in [3.05, 3.63) is 53.3 Å². The van der Waals surface area contributed by atoms with Gasteiger partial charge in [0.2, 0.25) is 0 Å². The van der Waals surface area contributed by atoms with Crippen molar-refractivity contribution >= 4 is 11.6 Å². The molecular weight excluding hydrogens is 278 g/mol. The van der Waals surface area contributed by atoms with Gasteiger partial charge in [0.1, 0.15) is 0 Å². The lowest BCUT2D eigenvalue weighted by Gasteiger charge is -2.06. The summed E-state index contributed by atoms with van der Waals surface area (Å²) in [6, 6.07) is 9.97. The minimum Gasteiger partial charge on any atom is -0.462 e. The van der Waals surface area contributed by atoms with Crippen molar-refractivity contribution in [3.8, 4) is 11.3 Å². The van der Waals surface area contributed by atoms with Gasteiger partial charge >= 0.3 is 5.97 Å². The van der Waals surface area contributed by atoms with E-state index in [4.69, 9.17) is 4.74 Å². The van der Waals surface area contributed by atoms with Crippen molar-refractivity contribution in [1.29, 1.82) is 0 Å². The van der Waals surface area contributed by atoms with Crippen LogP contribution in [0, 0.1) is 13.8 Å². The van der Waals surface area contributed by atoms with E-state index in [0.29, 0.717) is 17.8 Å². The summed E-state index contributed by atoms with van der Waals surface area (Å²) in [5, 5.41) is 4.59. The lowest BCUT2D eigenvalue weighted by Crippen LogP contribution is -2.11. The molecule has 0 saturated carbocycles. The van der Waals surface area contributed by atoms with Crippen molar-refractivity contribution in [2.45, 2.75) is 20.8 Å². The van der Waals surface area contributed by atoms with Crippen LogP contribution in [0.2, 0.25) is 0 Å². The van der Waals surface area contributed by atoms with Gasteiger partial charge in [-0.3, -0.25) is 0 Å². The Morgan fingerprint density at radius 1 is 1.27 bits per heavy atom. The molecule has 0 aliphatic carbocycles. The first-order valence-electron chi connectivity index (χ1n) is 7.20. The average molecular weight is 295 g/mol. The number of aromatic nitrogens is 3. The molecule has 112 valence electrons. The molecular formula is C17H17N3O2. The smallest absolute Gasteiger partial charge is 0.341 e. The van der Waals surface area contributed by atoms with Crippen LogP contribution in [0.15, 0.2) is 36.5 Å². The number of ether oxygens (including phenoxy) is 1. The van der Waals surface area contributed by atoms with Crippen molar-refractivity contribution in [3.63, 3.8) is 0 Å². The molecule has 2 aromatic heterocycles. The molecule has 5 heteroatoms. The number of carbonyl (C=O) groups is 1. The van der Waals surface area contributed by atoms with Crippen LogP contribution in [0.25, 0.3) is 16.9 Å². The molecule has 0 aliphatic heterocycles. The number of carbonyl (C=O) groups excluding carboxylic acids is 1. The summed E-state index contributed by atoms with van der Waals surface area (Å²) in [7, 11) is 0. The van der Waals surface area contributed by atoms with Crippen molar-refractivity contribution < 1.29 is 9.53 Å². The number of nitrogens with zero attached hydrogens (tertiary/aromatic N) is 3. The summed E-state index contributed by atoms with van der Waals surface area (Å²) in [5.41, 5.74) is 4.93. The molecule has 2 heterocycles. The van der Waals surface area contributed by atoms with Gasteiger partial charge in [0.05, 0.1) is 23.6 Å². The van der Waals surface area contributed by atoms with Gasteiger partial charge in [0, 0.05) is 17.8 Å². The number of rotatable bonds is 3. The fourth-order valence-electron chi connectivity index (χ4n) is 2.45. The Balaban J connectivity index is 2.13. The molecule has 0 N–H and O–H groups in total. The second-order valence-corrected chi connectivity index (χ2v) is 5.09. The quantitative estimate of drug-likeness (QED) is 0.696. The van der Waals surface area contributed by atoms with E-state index in [2.05, 4.69) is 10.1 Å². The van der Waals surface area contributed by atoms with E-state index < -0.39 is 0 Å². The summed E-state index contributed by atoms with van der Waals surface area (Å²) in [6.45, 7) is 6.01. The maximum absolute atomic E-state index is 11.9. The number of hydrogen-bond acceptors (Lipinski definition) is 4. The highest BCUT2D eigenvalue weighted by Gasteiger charge is 2.16. The maximum Gasteiger partial charge on any atom is 0.341 e. The van der Waals surface area contributed by atoms with Crippen molar-refractivity contribution in [2.24, 2.45) is 0 Å². The summed E-state index contributed by atoms with van der Waals surface area (Å²) in [5.74, 6) is -0.373. The summed E-state index contributed by atoms with van der Waals surface area (Å²) in [4.78, 5) is 16.3. The van der Waals surface area contributed by atoms with Crippen LogP contribution in [0.3, 0.4) is 0 Å². The van der Waals surface area contributed by atoms with E-state index >= 15 is 0 Å². The summed E-state index contributed by atoms with van der Waals surface area (Å²) < 4.78 is 6.74. The first-order valence-corrected chi connectivity index (χ1v) is 7.20. The Kier molecular flexibility index (Phi) is 3.63. The van der Waals surface area contributed by atoms with E-state index in [1.807, 2.05) is 44.2 Å². The van der Waals surface area contributed by atoms with Crippen LogP contribution in [-0.4, -0.2) is 27.2 Å². The third kappa shape index (κ3) is 2.35. The Bertz CT molecular complexity index is 852. The standard InChI is InChI=1S/C17H17N3O2/c1-4-22-17(21)14-10-18-16-9-15(19-20(16)12(14)3)13-8-6-5-7-11(13)2/h5-10H,4H2,1-3H3. The molecule has 0 unspecified atom stereocenters. The SMILES string of the molecule is CCOC(=O)c1cnc2cc(-c3ccccc3C)nn2c1C. The second kappa shape index (κ2) is 5.60. The molecule has 0 fully saturated rings. The lowest BCUT2D eigenvalue weighted by atomic mass is 10.1. The number of hydrogen-bond donors (Lipinski definition) is 0. The molecule has 22 heavy (non-hydrogen) atoms. The molecule has 0 atom stereocenters. The monoisotopic (exact) mass is 295 g/mol. The number of benzene rings is 1. The van der Waals surface area contributed by atoms with Gasteiger partial charge in [0.25, 0.3) is 0 Å². The predicted octanol–water partition coefficient (Wildman–Crippen LogP) is 3.19. The van der Waals surface area contributed by atoms with Gasteiger partial charge in [-0.15, -0.1) is 0 Å². The topological polar surface area (TPSA) is 56.5 Å². The first-order chi connectivity index (χ1) is 10.6. The highest BCUT2D eigenvalue weighted by molar-refractivity contribution is 5.90. The van der Waals surface area contributed by atoms with E-state index in [9.17, 15) is 4.79 Å². The van der Waals surface area contributed by atoms with Gasteiger partial charge in [-0.05, 0) is 26.3 Å². The largest absolute Gasteiger partial charge is 0.462 e. The maximum atomic E-state index is 11.9. The van der Waals surface area contributed by atoms with Crippen LogP contribution in [0.5, 0.6) is 0 Å². The molecule has 5 nitrogen and oxygen atoms in total. The highest BCUT2D eigenvalue weighted by atomic mass is 16.5. The normalized spacial score (nSPS) is 10.9. The molecule has 0 bridgehead atoms. The summed E-state index contributed by atoms with van der Waals surface area (Å²) in [6.07, 6.45) is 1.55. The van der Waals surface area contributed by atoms with Gasteiger partial charge in [-0.25, -0.2) is 14.3 Å². The lowest BCUT2D eigenvalue weighted by molar-refractivity contribution is 0.0524. The number of esters is 1. The minimum absolute atomic E-state index is 0.337. The molecule has 0 amide bonds. The first kappa shape index (κ1) is 14.3. The van der Waals surface area contributed by atoms with Crippen LogP contribution in [-0.2, 0) is 4.74 Å². The molecule has 0 saturated heterocycles. The Morgan fingerprint density at radius 2 is 2.05 bits per heavy atom. The zero-order chi connectivity index (χ0) is 15.7. The van der Waals surface area contributed by atoms with Crippen molar-refractivity contribution in [2.75, 3.05) is 6.61 Å². The van der Waals surface area contributed by atoms with E-state index in [1.54, 1.807) is 17.6 Å². The van der Waals surface area contributed by atoms with Crippen LogP contribution in [0.1, 0.15) is 28.5 Å². The van der Waals surface area contributed by atoms with Crippen LogP contribution < -0.4 is 0 Å². The number of fused-ring (bicyclic) bond motifs is 1. The minimum atomic E-state index is -0.373. The van der Waals surface area contributed by atoms with Gasteiger partial charge < -0.3 is 4.74 Å². The number of aryl methyl sites for hydroxylation is 2. The average Bonchev–Trinajstić information content (AvgIpc) is 2.93. The van der Waals surface area contributed by atoms with Crippen LogP contribution >= 0.6 is 0 Å². The third-order valence-corrected chi connectivity index (χ3v) is 3.64. The molecule has 0 aliphatic rings. The fourth-order valence-corrected chi connectivity index (χ4v) is 2.45. The predicted molar refractivity (Wildman–Crippen MR) is 83.9 cm³/mol. The highest BCUT2D eigenvalue weighted by Crippen LogP contribution is 2.23. The van der Waals surface area contributed by atoms with E-state index in [0.717, 1.165) is 22.5 Å². The Hall–Kier alpha value is -2.69. The third-order valence-electron chi connectivity index (χ3n) is 3.64. The Labute approximate surface area is 128 Å². The zero-order valence-corrected chi connectivity index (χ0v) is 12.8. The van der Waals surface area contributed by atoms with Gasteiger partial charge in [-0.2, -0.15) is 5.10 Å². The van der Waals surface area contributed by atoms with E-state index in [-0.39, 0.29) is 5.97 Å². The molecule has 0 spiro atoms. The Morgan fingerprint density at radius 3 is 2.77 bits per heavy atom. The fraction of sp³-hybridized carbons (Fsp3) is 0.235. The van der Waals surface area contributed by atoms with E-state index in [1.165, 1.54) is 0 Å². The molecule has 0 radical (unpaired) electrons.